The van der Waals surface area contributed by atoms with Crippen LogP contribution in [0.1, 0.15) is 38.2 Å². The van der Waals surface area contributed by atoms with E-state index in [4.69, 9.17) is 4.74 Å². The Morgan fingerprint density at radius 1 is 1.41 bits per heavy atom. The van der Waals surface area contributed by atoms with Crippen LogP contribution in [0, 0.1) is 0 Å². The fourth-order valence-electron chi connectivity index (χ4n) is 1.93. The van der Waals surface area contributed by atoms with Crippen LogP contribution in [0.25, 0.3) is 11.2 Å². The molecule has 0 bridgehead atoms. The number of carbonyl (C=O) groups is 1. The Labute approximate surface area is 132 Å². The van der Waals surface area contributed by atoms with Crippen molar-refractivity contribution in [2.75, 3.05) is 6.61 Å². The van der Waals surface area contributed by atoms with E-state index in [1.807, 2.05) is 6.07 Å². The molecule has 0 saturated heterocycles. The second-order valence-electron chi connectivity index (χ2n) is 5.77. The lowest BCUT2D eigenvalue weighted by Crippen LogP contribution is -2.28. The molecule has 2 heterocycles. The van der Waals surface area contributed by atoms with Gasteiger partial charge < -0.3 is 4.74 Å². The van der Waals surface area contributed by atoms with Crippen LogP contribution in [-0.2, 0) is 11.8 Å². The summed E-state index contributed by atoms with van der Waals surface area (Å²) < 4.78 is 6.23. The van der Waals surface area contributed by atoms with Crippen molar-refractivity contribution in [3.05, 3.63) is 28.3 Å². The van der Waals surface area contributed by atoms with Gasteiger partial charge in [0.05, 0.1) is 6.61 Å². The smallest absolute Gasteiger partial charge is 0.362 e. The molecule has 0 aliphatic carbocycles. The molecule has 22 heavy (non-hydrogen) atoms. The second kappa shape index (κ2) is 6.08. The molecule has 2 aromatic heterocycles. The summed E-state index contributed by atoms with van der Waals surface area (Å²) in [5.74, 6) is -0.709. The van der Waals surface area contributed by atoms with Crippen LogP contribution in [-0.4, -0.2) is 31.9 Å². The molecule has 2 aromatic rings. The molecule has 0 atom stereocenters. The van der Waals surface area contributed by atoms with Crippen LogP contribution in [0.3, 0.4) is 0 Å². The lowest BCUT2D eigenvalue weighted by molar-refractivity contribution is 0.0517. The van der Waals surface area contributed by atoms with Gasteiger partial charge >= 0.3 is 5.97 Å². The Morgan fingerprint density at radius 3 is 2.68 bits per heavy atom. The van der Waals surface area contributed by atoms with Gasteiger partial charge in [0, 0.05) is 22.9 Å². The topological polar surface area (TPSA) is 74.1 Å². The van der Waals surface area contributed by atoms with E-state index in [2.05, 4.69) is 30.7 Å². The first kappa shape index (κ1) is 16.5. The zero-order valence-corrected chi connectivity index (χ0v) is 14.2. The highest BCUT2D eigenvalue weighted by atomic mass is 32.2. The summed E-state index contributed by atoms with van der Waals surface area (Å²) in [5.41, 5.74) is 0.224. The molecule has 118 valence electrons. The summed E-state index contributed by atoms with van der Waals surface area (Å²) in [7, 11) is 1.57. The van der Waals surface area contributed by atoms with Crippen molar-refractivity contribution in [2.45, 2.75) is 37.3 Å². The number of aromatic nitrogens is 3. The molecule has 0 saturated carbocycles. The van der Waals surface area contributed by atoms with E-state index in [0.29, 0.717) is 11.2 Å². The third-order valence-electron chi connectivity index (χ3n) is 2.77. The van der Waals surface area contributed by atoms with Crippen molar-refractivity contribution in [2.24, 2.45) is 7.05 Å². The number of hydrogen-bond acceptors (Lipinski definition) is 6. The Morgan fingerprint density at radius 2 is 2.09 bits per heavy atom. The Hall–Kier alpha value is -1.89. The summed E-state index contributed by atoms with van der Waals surface area (Å²) >= 11 is 1.64. The summed E-state index contributed by atoms with van der Waals surface area (Å²) in [4.78, 5) is 33.4. The Kier molecular flexibility index (Phi) is 4.55. The number of ether oxygens (including phenoxy) is 1. The molecule has 2 rings (SSSR count). The van der Waals surface area contributed by atoms with Crippen LogP contribution in [0.15, 0.2) is 22.0 Å². The van der Waals surface area contributed by atoms with Gasteiger partial charge in [-0.25, -0.2) is 14.8 Å². The van der Waals surface area contributed by atoms with Crippen LogP contribution in [0.2, 0.25) is 0 Å². The van der Waals surface area contributed by atoms with E-state index in [0.717, 1.165) is 4.90 Å². The fourth-order valence-corrected chi connectivity index (χ4v) is 2.92. The minimum atomic E-state index is -0.709. The quantitative estimate of drug-likeness (QED) is 0.638. The van der Waals surface area contributed by atoms with E-state index in [1.54, 1.807) is 31.9 Å². The average Bonchev–Trinajstić information content (AvgIpc) is 2.41. The zero-order valence-electron chi connectivity index (χ0n) is 13.3. The molecular weight excluding hydrogens is 302 g/mol. The number of nitrogens with zero attached hydrogens (tertiary/aromatic N) is 3. The number of aryl methyl sites for hydroxylation is 1. The van der Waals surface area contributed by atoms with Crippen LogP contribution in [0.4, 0.5) is 0 Å². The molecule has 7 heteroatoms. The van der Waals surface area contributed by atoms with E-state index < -0.39 is 11.5 Å². The number of esters is 1. The number of rotatable bonds is 3. The molecule has 0 aromatic carbocycles. The third kappa shape index (κ3) is 3.47. The van der Waals surface area contributed by atoms with Crippen molar-refractivity contribution >= 4 is 28.9 Å². The highest BCUT2D eigenvalue weighted by Crippen LogP contribution is 2.32. The highest BCUT2D eigenvalue weighted by Gasteiger charge is 2.19. The number of carbonyl (C=O) groups excluding carboxylic acids is 1. The predicted octanol–water partition coefficient (Wildman–Crippen LogP) is 2.40. The number of thioether (sulfide) groups is 1. The van der Waals surface area contributed by atoms with Gasteiger partial charge in [-0.1, -0.05) is 20.8 Å². The van der Waals surface area contributed by atoms with Gasteiger partial charge in [-0.15, -0.1) is 11.8 Å². The number of hydrogen-bond donors (Lipinski definition) is 0. The molecule has 0 spiro atoms. The van der Waals surface area contributed by atoms with E-state index in [-0.39, 0.29) is 17.0 Å². The predicted molar refractivity (Wildman–Crippen MR) is 86.3 cm³/mol. The molecule has 0 aliphatic heterocycles. The maximum atomic E-state index is 12.2. The Bertz CT molecular complexity index is 778. The van der Waals surface area contributed by atoms with E-state index >= 15 is 0 Å². The summed E-state index contributed by atoms with van der Waals surface area (Å²) in [6.07, 6.45) is 1.71. The summed E-state index contributed by atoms with van der Waals surface area (Å²) in [6, 6.07) is 1.83. The number of fused-ring (bicyclic) bond motifs is 1. The van der Waals surface area contributed by atoms with Gasteiger partial charge in [0.2, 0.25) is 5.69 Å². The molecule has 6 nitrogen and oxygen atoms in total. The average molecular weight is 321 g/mol. The molecule has 0 unspecified atom stereocenters. The number of pyridine rings is 1. The molecule has 0 amide bonds. The fraction of sp³-hybridized carbons (Fsp3) is 0.467. The van der Waals surface area contributed by atoms with Crippen LogP contribution < -0.4 is 5.56 Å². The third-order valence-corrected chi connectivity index (χ3v) is 3.84. The first-order valence-corrected chi connectivity index (χ1v) is 7.77. The summed E-state index contributed by atoms with van der Waals surface area (Å²) in [5, 5.41) is 0. The van der Waals surface area contributed by atoms with Gasteiger partial charge in [-0.05, 0) is 13.0 Å². The standard InChI is InChI=1S/C15H19N3O3S/c1-6-21-14(20)11-13(19)18(5)12-10(17-11)7-9(8-16-12)22-15(2,3)4/h7-8H,6H2,1-5H3. The first-order chi connectivity index (χ1) is 10.2. The zero-order chi connectivity index (χ0) is 16.5. The minimum Gasteiger partial charge on any atom is -0.461 e. The molecule has 0 N–H and O–H groups in total. The minimum absolute atomic E-state index is 0.0278. The van der Waals surface area contributed by atoms with Crippen molar-refractivity contribution in [3.63, 3.8) is 0 Å². The van der Waals surface area contributed by atoms with Crippen LogP contribution >= 0.6 is 11.8 Å². The SMILES string of the molecule is CCOC(=O)c1nc2cc(SC(C)(C)C)cnc2n(C)c1=O. The van der Waals surface area contributed by atoms with Gasteiger partial charge in [0.1, 0.15) is 5.52 Å². The van der Waals surface area contributed by atoms with Gasteiger partial charge in [-0.2, -0.15) is 0 Å². The van der Waals surface area contributed by atoms with Gasteiger partial charge in [0.15, 0.2) is 5.65 Å². The normalized spacial score (nSPS) is 11.7. The van der Waals surface area contributed by atoms with Crippen molar-refractivity contribution in [1.82, 2.24) is 14.5 Å². The Balaban J connectivity index is 2.59. The van der Waals surface area contributed by atoms with Crippen molar-refractivity contribution in [1.29, 1.82) is 0 Å². The first-order valence-electron chi connectivity index (χ1n) is 6.96. The van der Waals surface area contributed by atoms with Crippen molar-refractivity contribution < 1.29 is 9.53 Å². The molecular formula is C15H19N3O3S. The second-order valence-corrected chi connectivity index (χ2v) is 7.67. The largest absolute Gasteiger partial charge is 0.461 e. The molecule has 0 radical (unpaired) electrons. The molecule has 0 aliphatic rings. The lowest BCUT2D eigenvalue weighted by atomic mass is 10.3. The highest BCUT2D eigenvalue weighted by molar-refractivity contribution is 8.00. The maximum Gasteiger partial charge on any atom is 0.362 e. The van der Waals surface area contributed by atoms with E-state index in [9.17, 15) is 9.59 Å². The lowest BCUT2D eigenvalue weighted by Gasteiger charge is -2.17. The van der Waals surface area contributed by atoms with Crippen LogP contribution in [0.5, 0.6) is 0 Å². The van der Waals surface area contributed by atoms with Gasteiger partial charge in [0.25, 0.3) is 5.56 Å². The molecule has 0 fully saturated rings. The summed E-state index contributed by atoms with van der Waals surface area (Å²) in [6.45, 7) is 8.17. The monoisotopic (exact) mass is 321 g/mol. The van der Waals surface area contributed by atoms with Crippen molar-refractivity contribution in [3.8, 4) is 0 Å². The maximum absolute atomic E-state index is 12.2. The van der Waals surface area contributed by atoms with Gasteiger partial charge in [-0.3, -0.25) is 9.36 Å². The van der Waals surface area contributed by atoms with E-state index in [1.165, 1.54) is 4.57 Å².